The zero-order chi connectivity index (χ0) is 16.0. The number of likely N-dealkylation sites (tertiary alicyclic amines) is 1. The van der Waals surface area contributed by atoms with Crippen molar-refractivity contribution < 1.29 is 19.1 Å². The fourth-order valence-electron chi connectivity index (χ4n) is 2.40. The summed E-state index contributed by atoms with van der Waals surface area (Å²) >= 11 is 0. The van der Waals surface area contributed by atoms with Crippen molar-refractivity contribution in [3.63, 3.8) is 0 Å². The molecule has 0 bridgehead atoms. The molecule has 1 heterocycles. The van der Waals surface area contributed by atoms with Crippen LogP contribution in [-0.4, -0.2) is 49.7 Å². The van der Waals surface area contributed by atoms with Crippen molar-refractivity contribution in [2.24, 2.45) is 0 Å². The monoisotopic (exact) mass is 311 g/mol. The Hall–Kier alpha value is -1.36. The van der Waals surface area contributed by atoms with Gasteiger partial charge in [-0.1, -0.05) is 26.2 Å². The number of carbonyl (C=O) groups excluding carboxylic acids is 2. The molecule has 126 valence electrons. The fraction of sp³-hybridized carbons (Fsp3) is 0.765. The Labute approximate surface area is 133 Å². The van der Waals surface area contributed by atoms with Crippen LogP contribution in [0.2, 0.25) is 0 Å². The summed E-state index contributed by atoms with van der Waals surface area (Å²) in [6, 6.07) is 0. The normalized spacial score (nSPS) is 15.9. The van der Waals surface area contributed by atoms with Crippen LogP contribution >= 0.6 is 0 Å². The number of nitrogens with zero attached hydrogens (tertiary/aromatic N) is 1. The first kappa shape index (κ1) is 18.7. The molecule has 0 aliphatic carbocycles. The van der Waals surface area contributed by atoms with E-state index >= 15 is 0 Å². The van der Waals surface area contributed by atoms with E-state index in [4.69, 9.17) is 9.47 Å². The zero-order valence-electron chi connectivity index (χ0n) is 13.7. The largest absolute Gasteiger partial charge is 0.463 e. The Bertz CT molecular complexity index is 349. The topological polar surface area (TPSA) is 55.8 Å². The number of ether oxygens (including phenoxy) is 2. The van der Waals surface area contributed by atoms with Crippen molar-refractivity contribution in [2.75, 3.05) is 32.8 Å². The van der Waals surface area contributed by atoms with E-state index in [2.05, 4.69) is 11.8 Å². The minimum absolute atomic E-state index is 0.394. The van der Waals surface area contributed by atoms with Crippen LogP contribution < -0.4 is 0 Å². The van der Waals surface area contributed by atoms with Gasteiger partial charge in [0.1, 0.15) is 0 Å². The number of piperidine rings is 1. The summed E-state index contributed by atoms with van der Waals surface area (Å²) in [5.41, 5.74) is 0. The van der Waals surface area contributed by atoms with Gasteiger partial charge < -0.3 is 14.4 Å². The average Bonchev–Trinajstić information content (AvgIpc) is 2.55. The molecule has 0 unspecified atom stereocenters. The Morgan fingerprint density at radius 2 is 1.50 bits per heavy atom. The SMILES string of the molecule is CCCCCOC(=O)/C=C/C(=O)OCCCN1CCCCC1. The summed E-state index contributed by atoms with van der Waals surface area (Å²) in [6.07, 6.45) is 9.95. The van der Waals surface area contributed by atoms with Crippen LogP contribution in [0, 0.1) is 0 Å². The van der Waals surface area contributed by atoms with E-state index < -0.39 is 11.9 Å². The average molecular weight is 311 g/mol. The Kier molecular flexibility index (Phi) is 10.4. The van der Waals surface area contributed by atoms with Crippen molar-refractivity contribution in [1.82, 2.24) is 4.90 Å². The zero-order valence-corrected chi connectivity index (χ0v) is 13.7. The van der Waals surface area contributed by atoms with E-state index in [0.717, 1.165) is 57.5 Å². The molecular weight excluding hydrogens is 282 g/mol. The molecule has 0 aromatic heterocycles. The molecule has 0 atom stereocenters. The molecule has 0 aromatic rings. The quantitative estimate of drug-likeness (QED) is 0.353. The molecule has 1 aliphatic heterocycles. The number of rotatable bonds is 10. The highest BCUT2D eigenvalue weighted by Gasteiger charge is 2.09. The molecule has 22 heavy (non-hydrogen) atoms. The van der Waals surface area contributed by atoms with E-state index in [0.29, 0.717) is 13.2 Å². The third-order valence-corrected chi connectivity index (χ3v) is 3.66. The van der Waals surface area contributed by atoms with Crippen LogP contribution in [0.25, 0.3) is 0 Å². The lowest BCUT2D eigenvalue weighted by atomic mass is 10.1. The highest BCUT2D eigenvalue weighted by molar-refractivity contribution is 5.91. The maximum absolute atomic E-state index is 11.4. The summed E-state index contributed by atoms with van der Waals surface area (Å²) in [5.74, 6) is -0.967. The highest BCUT2D eigenvalue weighted by Crippen LogP contribution is 2.08. The summed E-state index contributed by atoms with van der Waals surface area (Å²) in [4.78, 5) is 25.2. The van der Waals surface area contributed by atoms with Gasteiger partial charge in [-0.3, -0.25) is 0 Å². The molecule has 0 amide bonds. The van der Waals surface area contributed by atoms with Crippen LogP contribution in [0.15, 0.2) is 12.2 Å². The van der Waals surface area contributed by atoms with Crippen LogP contribution in [0.4, 0.5) is 0 Å². The van der Waals surface area contributed by atoms with Crippen LogP contribution in [0.5, 0.6) is 0 Å². The second kappa shape index (κ2) is 12.2. The molecule has 5 nitrogen and oxygen atoms in total. The summed E-state index contributed by atoms with van der Waals surface area (Å²) < 4.78 is 10.0. The Balaban J connectivity index is 2.01. The van der Waals surface area contributed by atoms with Gasteiger partial charge in [-0.15, -0.1) is 0 Å². The first-order valence-corrected chi connectivity index (χ1v) is 8.46. The van der Waals surface area contributed by atoms with Crippen molar-refractivity contribution in [2.45, 2.75) is 51.9 Å². The molecule has 0 radical (unpaired) electrons. The van der Waals surface area contributed by atoms with Crippen molar-refractivity contribution in [1.29, 1.82) is 0 Å². The van der Waals surface area contributed by atoms with Crippen molar-refractivity contribution >= 4 is 11.9 Å². The molecule has 0 N–H and O–H groups in total. The molecule has 0 aromatic carbocycles. The number of carbonyl (C=O) groups is 2. The molecule has 0 spiro atoms. The van der Waals surface area contributed by atoms with Gasteiger partial charge in [-0.05, 0) is 38.8 Å². The molecule has 5 heteroatoms. The maximum Gasteiger partial charge on any atom is 0.331 e. The predicted molar refractivity (Wildman–Crippen MR) is 85.5 cm³/mol. The van der Waals surface area contributed by atoms with Crippen LogP contribution in [0.1, 0.15) is 51.9 Å². The lowest BCUT2D eigenvalue weighted by molar-refractivity contribution is -0.140. The molecule has 1 saturated heterocycles. The standard InChI is InChI=1S/C17H29NO4/c1-2-3-7-14-21-16(19)9-10-17(20)22-15-8-13-18-11-5-4-6-12-18/h9-10H,2-8,11-15H2,1H3/b10-9+. The summed E-state index contributed by atoms with van der Waals surface area (Å²) in [5, 5.41) is 0. The second-order valence-corrected chi connectivity index (χ2v) is 5.63. The lowest BCUT2D eigenvalue weighted by Gasteiger charge is -2.26. The van der Waals surface area contributed by atoms with Gasteiger partial charge in [0, 0.05) is 18.7 Å². The number of hydrogen-bond acceptors (Lipinski definition) is 5. The smallest absolute Gasteiger partial charge is 0.331 e. The van der Waals surface area contributed by atoms with E-state index in [-0.39, 0.29) is 0 Å². The molecule has 1 rings (SSSR count). The predicted octanol–water partition coefficient (Wildman–Crippen LogP) is 2.70. The van der Waals surface area contributed by atoms with Gasteiger partial charge in [0.15, 0.2) is 0 Å². The molecule has 1 aliphatic rings. The van der Waals surface area contributed by atoms with Gasteiger partial charge in [-0.25, -0.2) is 9.59 Å². The minimum Gasteiger partial charge on any atom is -0.463 e. The van der Waals surface area contributed by atoms with Gasteiger partial charge >= 0.3 is 11.9 Å². The Morgan fingerprint density at radius 3 is 2.09 bits per heavy atom. The lowest BCUT2D eigenvalue weighted by Crippen LogP contribution is -2.31. The fourth-order valence-corrected chi connectivity index (χ4v) is 2.40. The molecular formula is C17H29NO4. The van der Waals surface area contributed by atoms with E-state index in [1.807, 2.05) is 0 Å². The van der Waals surface area contributed by atoms with Crippen LogP contribution in [-0.2, 0) is 19.1 Å². The van der Waals surface area contributed by atoms with Crippen LogP contribution in [0.3, 0.4) is 0 Å². The number of unbranched alkanes of at least 4 members (excludes halogenated alkanes) is 2. The second-order valence-electron chi connectivity index (χ2n) is 5.63. The van der Waals surface area contributed by atoms with E-state index in [9.17, 15) is 9.59 Å². The first-order valence-electron chi connectivity index (χ1n) is 8.46. The summed E-state index contributed by atoms with van der Waals surface area (Å²) in [6.45, 7) is 6.15. The minimum atomic E-state index is -0.485. The van der Waals surface area contributed by atoms with Gasteiger partial charge in [0.2, 0.25) is 0 Å². The Morgan fingerprint density at radius 1 is 0.909 bits per heavy atom. The van der Waals surface area contributed by atoms with Crippen molar-refractivity contribution in [3.8, 4) is 0 Å². The van der Waals surface area contributed by atoms with Gasteiger partial charge in [0.05, 0.1) is 13.2 Å². The number of esters is 2. The third-order valence-electron chi connectivity index (χ3n) is 3.66. The number of hydrogen-bond donors (Lipinski definition) is 0. The molecule has 1 fully saturated rings. The maximum atomic E-state index is 11.4. The summed E-state index contributed by atoms with van der Waals surface area (Å²) in [7, 11) is 0. The third kappa shape index (κ3) is 9.55. The van der Waals surface area contributed by atoms with Crippen molar-refractivity contribution in [3.05, 3.63) is 12.2 Å². The first-order chi connectivity index (χ1) is 10.7. The molecule has 0 saturated carbocycles. The highest BCUT2D eigenvalue weighted by atomic mass is 16.5. The van der Waals surface area contributed by atoms with Gasteiger partial charge in [0.25, 0.3) is 0 Å². The van der Waals surface area contributed by atoms with Gasteiger partial charge in [-0.2, -0.15) is 0 Å². The van der Waals surface area contributed by atoms with E-state index in [1.165, 1.54) is 19.3 Å². The van der Waals surface area contributed by atoms with E-state index in [1.54, 1.807) is 0 Å².